The van der Waals surface area contributed by atoms with Gasteiger partial charge in [-0.05, 0) is 12.2 Å². The van der Waals surface area contributed by atoms with Crippen LogP contribution >= 0.6 is 11.3 Å². The Morgan fingerprint density at radius 2 is 1.85 bits per heavy atom. The van der Waals surface area contributed by atoms with E-state index in [0.717, 1.165) is 15.6 Å². The topological polar surface area (TPSA) is 12.9 Å². The van der Waals surface area contributed by atoms with Crippen molar-refractivity contribution in [3.63, 3.8) is 0 Å². The summed E-state index contributed by atoms with van der Waals surface area (Å²) in [5.41, 5.74) is 1.06. The van der Waals surface area contributed by atoms with Crippen LogP contribution in [0.2, 0.25) is 0 Å². The molecule has 0 aliphatic heterocycles. The molecule has 0 amide bonds. The molecule has 0 saturated heterocycles. The lowest BCUT2D eigenvalue weighted by Gasteiger charge is -2.13. The second-order valence-corrected chi connectivity index (χ2v) is 4.96. The van der Waals surface area contributed by atoms with Crippen LogP contribution in [-0.4, -0.2) is 4.98 Å². The molecule has 70 valence electrons. The molecule has 0 fully saturated rings. The predicted octanol–water partition coefficient (Wildman–Crippen LogP) is 3.73. The molecule has 2 heteroatoms. The first-order valence-corrected chi connectivity index (χ1v) is 5.07. The summed E-state index contributed by atoms with van der Waals surface area (Å²) in [6, 6.07) is 0. The summed E-state index contributed by atoms with van der Waals surface area (Å²) in [5, 5.41) is 1.14. The molecular weight excluding hydrogens is 178 g/mol. The van der Waals surface area contributed by atoms with Gasteiger partial charge in [-0.15, -0.1) is 11.3 Å². The van der Waals surface area contributed by atoms with Gasteiger partial charge in [0.15, 0.2) is 0 Å². The third-order valence-electron chi connectivity index (χ3n) is 1.70. The molecule has 0 aliphatic rings. The van der Waals surface area contributed by atoms with E-state index in [2.05, 4.69) is 38.9 Å². The van der Waals surface area contributed by atoms with Gasteiger partial charge in [0.1, 0.15) is 0 Å². The fraction of sp³-hybridized carbons (Fsp3) is 0.364. The number of rotatable bonds is 2. The molecule has 0 spiro atoms. The van der Waals surface area contributed by atoms with E-state index in [9.17, 15) is 0 Å². The monoisotopic (exact) mass is 193 g/mol. The maximum Gasteiger partial charge on any atom is 0.0992 e. The normalized spacial score (nSPS) is 11.3. The van der Waals surface area contributed by atoms with E-state index in [1.807, 2.05) is 6.08 Å². The van der Waals surface area contributed by atoms with Crippen LogP contribution in [0.4, 0.5) is 0 Å². The first kappa shape index (κ1) is 10.2. The molecule has 0 saturated carbocycles. The third-order valence-corrected chi connectivity index (χ3v) is 3.19. The van der Waals surface area contributed by atoms with Crippen LogP contribution < -0.4 is 0 Å². The fourth-order valence-electron chi connectivity index (χ4n) is 0.957. The Bertz CT molecular complexity index is 303. The van der Waals surface area contributed by atoms with Crippen LogP contribution in [0, 0.1) is 0 Å². The van der Waals surface area contributed by atoms with Crippen molar-refractivity contribution in [2.75, 3.05) is 0 Å². The second kappa shape index (κ2) is 3.46. The van der Waals surface area contributed by atoms with Gasteiger partial charge in [0.2, 0.25) is 0 Å². The minimum absolute atomic E-state index is 0.115. The summed E-state index contributed by atoms with van der Waals surface area (Å²) >= 11 is 1.69. The van der Waals surface area contributed by atoms with E-state index >= 15 is 0 Å². The van der Waals surface area contributed by atoms with Gasteiger partial charge in [-0.25, -0.2) is 4.98 Å². The minimum Gasteiger partial charge on any atom is -0.241 e. The van der Waals surface area contributed by atoms with E-state index in [1.54, 1.807) is 17.4 Å². The highest BCUT2D eigenvalue weighted by Gasteiger charge is 2.19. The van der Waals surface area contributed by atoms with Crippen LogP contribution in [0.15, 0.2) is 13.2 Å². The molecular formula is C11H15NS. The Balaban J connectivity index is 3.21. The largest absolute Gasteiger partial charge is 0.241 e. The molecule has 0 bridgehead atoms. The Kier molecular flexibility index (Phi) is 2.71. The standard InChI is InChI=1S/C11H15NS/c1-6-8-9(7-2)13-10(12-8)11(3,4)5/h6-7H,1-2H2,3-5H3. The van der Waals surface area contributed by atoms with Gasteiger partial charge < -0.3 is 0 Å². The lowest BCUT2D eigenvalue weighted by molar-refractivity contribution is 0.585. The van der Waals surface area contributed by atoms with Crippen molar-refractivity contribution in [2.45, 2.75) is 26.2 Å². The zero-order valence-corrected chi connectivity index (χ0v) is 9.24. The maximum absolute atomic E-state index is 4.50. The molecule has 13 heavy (non-hydrogen) atoms. The molecule has 0 radical (unpaired) electrons. The summed E-state index contributed by atoms with van der Waals surface area (Å²) in [6.07, 6.45) is 3.62. The summed E-state index contributed by atoms with van der Waals surface area (Å²) in [5.74, 6) is 0. The van der Waals surface area contributed by atoms with Gasteiger partial charge >= 0.3 is 0 Å². The van der Waals surface area contributed by atoms with E-state index in [-0.39, 0.29) is 5.41 Å². The van der Waals surface area contributed by atoms with Crippen molar-refractivity contribution < 1.29 is 0 Å². The van der Waals surface area contributed by atoms with E-state index in [4.69, 9.17) is 0 Å². The van der Waals surface area contributed by atoms with E-state index in [0.29, 0.717) is 0 Å². The lowest BCUT2D eigenvalue weighted by Crippen LogP contribution is -2.10. The molecule has 1 heterocycles. The minimum atomic E-state index is 0.115. The number of hydrogen-bond acceptors (Lipinski definition) is 2. The van der Waals surface area contributed by atoms with Gasteiger partial charge in [-0.3, -0.25) is 0 Å². The van der Waals surface area contributed by atoms with Crippen molar-refractivity contribution in [2.24, 2.45) is 0 Å². The Hall–Kier alpha value is -0.890. The molecule has 0 atom stereocenters. The molecule has 0 unspecified atom stereocenters. The van der Waals surface area contributed by atoms with Crippen LogP contribution in [0.25, 0.3) is 12.2 Å². The molecule has 1 rings (SSSR count). The van der Waals surface area contributed by atoms with Crippen molar-refractivity contribution >= 4 is 23.5 Å². The number of hydrogen-bond donors (Lipinski definition) is 0. The maximum atomic E-state index is 4.50. The average molecular weight is 193 g/mol. The SMILES string of the molecule is C=Cc1nc(C(C)(C)C)sc1C=C. The molecule has 0 N–H and O–H groups in total. The van der Waals surface area contributed by atoms with Crippen LogP contribution in [0.5, 0.6) is 0 Å². The summed E-state index contributed by atoms with van der Waals surface area (Å²) in [4.78, 5) is 5.61. The zero-order chi connectivity index (χ0) is 10.1. The molecule has 0 aromatic carbocycles. The van der Waals surface area contributed by atoms with Gasteiger partial charge in [-0.1, -0.05) is 33.9 Å². The summed E-state index contributed by atoms with van der Waals surface area (Å²) in [7, 11) is 0. The highest BCUT2D eigenvalue weighted by molar-refractivity contribution is 7.12. The van der Waals surface area contributed by atoms with E-state index < -0.39 is 0 Å². The van der Waals surface area contributed by atoms with Crippen molar-refractivity contribution in [3.05, 3.63) is 28.7 Å². The van der Waals surface area contributed by atoms with Crippen molar-refractivity contribution in [3.8, 4) is 0 Å². The zero-order valence-electron chi connectivity index (χ0n) is 8.42. The van der Waals surface area contributed by atoms with Gasteiger partial charge in [0.05, 0.1) is 15.6 Å². The second-order valence-electron chi connectivity index (χ2n) is 3.93. The highest BCUT2D eigenvalue weighted by atomic mass is 32.1. The van der Waals surface area contributed by atoms with Gasteiger partial charge in [0.25, 0.3) is 0 Å². The van der Waals surface area contributed by atoms with E-state index in [1.165, 1.54) is 0 Å². The number of aromatic nitrogens is 1. The summed E-state index contributed by atoms with van der Waals surface area (Å²) < 4.78 is 0. The van der Waals surface area contributed by atoms with Gasteiger partial charge in [0, 0.05) is 5.41 Å². The fourth-order valence-corrected chi connectivity index (χ4v) is 1.93. The molecule has 1 aromatic heterocycles. The van der Waals surface area contributed by atoms with Crippen LogP contribution in [0.3, 0.4) is 0 Å². The number of thiazole rings is 1. The van der Waals surface area contributed by atoms with Gasteiger partial charge in [-0.2, -0.15) is 0 Å². The lowest BCUT2D eigenvalue weighted by atomic mass is 9.98. The molecule has 1 aromatic rings. The predicted molar refractivity (Wildman–Crippen MR) is 61.0 cm³/mol. The molecule has 0 aliphatic carbocycles. The van der Waals surface area contributed by atoms with Crippen LogP contribution in [0.1, 0.15) is 36.3 Å². The van der Waals surface area contributed by atoms with Crippen molar-refractivity contribution in [1.82, 2.24) is 4.98 Å². The summed E-state index contributed by atoms with van der Waals surface area (Å²) in [6.45, 7) is 14.0. The quantitative estimate of drug-likeness (QED) is 0.697. The smallest absolute Gasteiger partial charge is 0.0992 e. The Labute approximate surface area is 83.8 Å². The average Bonchev–Trinajstić information content (AvgIpc) is 2.45. The van der Waals surface area contributed by atoms with Crippen molar-refractivity contribution in [1.29, 1.82) is 0 Å². The Morgan fingerprint density at radius 3 is 2.15 bits per heavy atom. The first-order valence-electron chi connectivity index (χ1n) is 4.25. The highest BCUT2D eigenvalue weighted by Crippen LogP contribution is 2.30. The third kappa shape index (κ3) is 2.07. The molecule has 1 nitrogen and oxygen atoms in total. The first-order chi connectivity index (χ1) is 5.99. The Morgan fingerprint density at radius 1 is 1.23 bits per heavy atom. The van der Waals surface area contributed by atoms with Crippen LogP contribution in [-0.2, 0) is 5.41 Å². The number of nitrogens with zero attached hydrogens (tertiary/aromatic N) is 1.